The van der Waals surface area contributed by atoms with Crippen LogP contribution in [0.1, 0.15) is 124 Å². The maximum atomic E-state index is 13.5. The van der Waals surface area contributed by atoms with Gasteiger partial charge in [0.05, 0.1) is 6.61 Å². The van der Waals surface area contributed by atoms with E-state index in [4.69, 9.17) is 4.74 Å². The molecule has 1 saturated heterocycles. The van der Waals surface area contributed by atoms with Crippen LogP contribution in [0.2, 0.25) is 0 Å². The van der Waals surface area contributed by atoms with E-state index in [-0.39, 0.29) is 42.6 Å². The zero-order valence-corrected chi connectivity index (χ0v) is 25.7. The highest BCUT2D eigenvalue weighted by atomic mass is 16.5. The molecule has 4 atom stereocenters. The van der Waals surface area contributed by atoms with E-state index in [0.717, 1.165) is 57.8 Å². The van der Waals surface area contributed by atoms with Crippen LogP contribution in [0.15, 0.2) is 0 Å². The first kappa shape index (κ1) is 34.9. The van der Waals surface area contributed by atoms with Crippen molar-refractivity contribution in [3.05, 3.63) is 0 Å². The van der Waals surface area contributed by atoms with Gasteiger partial charge in [0.2, 0.25) is 17.7 Å². The number of hydrogen-bond acceptors (Lipinski definition) is 5. The third-order valence-corrected chi connectivity index (χ3v) is 7.67. The molecule has 2 unspecified atom stereocenters. The summed E-state index contributed by atoms with van der Waals surface area (Å²) in [6.07, 6.45) is 13.7. The van der Waals surface area contributed by atoms with E-state index >= 15 is 0 Å². The first-order valence-corrected chi connectivity index (χ1v) is 15.6. The van der Waals surface area contributed by atoms with Gasteiger partial charge >= 0.3 is 5.97 Å². The van der Waals surface area contributed by atoms with Crippen molar-refractivity contribution >= 4 is 23.7 Å². The Bertz CT molecular complexity index is 740. The molecule has 1 aliphatic rings. The summed E-state index contributed by atoms with van der Waals surface area (Å²) in [5, 5.41) is 5.91. The maximum Gasteiger partial charge on any atom is 0.328 e. The van der Waals surface area contributed by atoms with Crippen LogP contribution in [0.3, 0.4) is 0 Å². The number of nitrogens with zero attached hydrogens (tertiary/aromatic N) is 1. The van der Waals surface area contributed by atoms with Gasteiger partial charge in [0.15, 0.2) is 0 Å². The molecule has 0 aromatic rings. The molecule has 226 valence electrons. The molecule has 8 heteroatoms. The summed E-state index contributed by atoms with van der Waals surface area (Å²) in [5.41, 5.74) is 0. The lowest BCUT2D eigenvalue weighted by Gasteiger charge is -2.28. The zero-order chi connectivity index (χ0) is 29.2. The molecule has 0 aliphatic carbocycles. The van der Waals surface area contributed by atoms with Gasteiger partial charge in [0, 0.05) is 25.9 Å². The number of carbonyl (C=O) groups excluding carboxylic acids is 4. The molecule has 0 spiro atoms. The average molecular weight is 552 g/mol. The smallest absolute Gasteiger partial charge is 0.328 e. The summed E-state index contributed by atoms with van der Waals surface area (Å²) in [5.74, 6) is -1.37. The van der Waals surface area contributed by atoms with E-state index in [1.807, 2.05) is 13.8 Å². The Kier molecular flexibility index (Phi) is 17.8. The Morgan fingerprint density at radius 1 is 0.897 bits per heavy atom. The third-order valence-electron chi connectivity index (χ3n) is 7.67. The standard InChI is InChI=1S/C31H57N3O5/c1-7-9-10-12-15-18-24-19-16-13-11-14-17-20-25(30(37)34(5)6)22-27(31(38)39-8-2)33-29(36)26(21-23(3)4)32-28(24)35/h23-27H,7-22H2,1-6H3,(H,32,35)(H,33,36)/t24?,25?,26-,27-/m0/s1. The number of unbranched alkanes of at least 4 members (excludes halogenated alkanes) is 4. The summed E-state index contributed by atoms with van der Waals surface area (Å²) in [7, 11) is 3.43. The van der Waals surface area contributed by atoms with E-state index < -0.39 is 24.0 Å². The predicted molar refractivity (Wildman–Crippen MR) is 156 cm³/mol. The highest BCUT2D eigenvalue weighted by Crippen LogP contribution is 2.23. The number of esters is 1. The van der Waals surface area contributed by atoms with Crippen molar-refractivity contribution in [2.24, 2.45) is 17.8 Å². The van der Waals surface area contributed by atoms with Gasteiger partial charge < -0.3 is 20.3 Å². The Labute approximate surface area is 237 Å². The number of amides is 3. The molecular formula is C31H57N3O5. The molecule has 0 saturated carbocycles. The number of carbonyl (C=O) groups is 4. The van der Waals surface area contributed by atoms with Gasteiger partial charge in [-0.15, -0.1) is 0 Å². The van der Waals surface area contributed by atoms with Crippen LogP contribution in [-0.4, -0.2) is 61.4 Å². The lowest BCUT2D eigenvalue weighted by atomic mass is 9.90. The fourth-order valence-electron chi connectivity index (χ4n) is 5.43. The SMILES string of the molecule is CCCCCCCC1CCCCCCCC(C(=O)N(C)C)C[C@@H](C(=O)OCC)NC(=O)[C@H](CC(C)C)NC1=O. The molecule has 1 rings (SSSR count). The van der Waals surface area contributed by atoms with Crippen molar-refractivity contribution in [2.45, 2.75) is 136 Å². The summed E-state index contributed by atoms with van der Waals surface area (Å²) < 4.78 is 5.28. The van der Waals surface area contributed by atoms with E-state index in [1.54, 1.807) is 25.9 Å². The van der Waals surface area contributed by atoms with Crippen LogP contribution < -0.4 is 10.6 Å². The fourth-order valence-corrected chi connectivity index (χ4v) is 5.43. The van der Waals surface area contributed by atoms with Crippen LogP contribution in [-0.2, 0) is 23.9 Å². The minimum absolute atomic E-state index is 0.0477. The predicted octanol–water partition coefficient (Wildman–Crippen LogP) is 5.38. The number of rotatable bonds is 11. The minimum atomic E-state index is -0.944. The largest absolute Gasteiger partial charge is 0.464 e. The summed E-state index contributed by atoms with van der Waals surface area (Å²) in [6, 6.07) is -1.69. The van der Waals surface area contributed by atoms with Gasteiger partial charge in [-0.1, -0.05) is 85.0 Å². The maximum absolute atomic E-state index is 13.5. The van der Waals surface area contributed by atoms with Gasteiger partial charge in [-0.05, 0) is 44.9 Å². The second-order valence-electron chi connectivity index (χ2n) is 11.9. The van der Waals surface area contributed by atoms with E-state index in [1.165, 1.54) is 19.3 Å². The Hall–Kier alpha value is -2.12. The molecule has 2 N–H and O–H groups in total. The molecule has 8 nitrogen and oxygen atoms in total. The Morgan fingerprint density at radius 2 is 1.54 bits per heavy atom. The van der Waals surface area contributed by atoms with Crippen LogP contribution in [0.25, 0.3) is 0 Å². The van der Waals surface area contributed by atoms with Gasteiger partial charge in [-0.2, -0.15) is 0 Å². The third kappa shape index (κ3) is 14.2. The topological polar surface area (TPSA) is 105 Å². The van der Waals surface area contributed by atoms with Gasteiger partial charge in [0.25, 0.3) is 0 Å². The molecule has 1 fully saturated rings. The lowest BCUT2D eigenvalue weighted by molar-refractivity contribution is -0.149. The molecule has 1 aliphatic heterocycles. The van der Waals surface area contributed by atoms with E-state index in [9.17, 15) is 19.2 Å². The van der Waals surface area contributed by atoms with Crippen LogP contribution in [0.4, 0.5) is 0 Å². The number of nitrogens with one attached hydrogen (secondary N) is 2. The molecule has 0 aromatic carbocycles. The van der Waals surface area contributed by atoms with Gasteiger partial charge in [-0.25, -0.2) is 4.79 Å². The van der Waals surface area contributed by atoms with Crippen molar-refractivity contribution in [3.63, 3.8) is 0 Å². The number of hydrogen-bond donors (Lipinski definition) is 2. The number of ether oxygens (including phenoxy) is 1. The normalized spacial score (nSPS) is 24.1. The quantitative estimate of drug-likeness (QED) is 0.265. The van der Waals surface area contributed by atoms with Crippen LogP contribution in [0, 0.1) is 17.8 Å². The van der Waals surface area contributed by atoms with Crippen LogP contribution >= 0.6 is 0 Å². The Morgan fingerprint density at radius 3 is 2.15 bits per heavy atom. The van der Waals surface area contributed by atoms with E-state index in [2.05, 4.69) is 17.6 Å². The highest BCUT2D eigenvalue weighted by Gasteiger charge is 2.33. The Balaban J connectivity index is 3.18. The molecule has 39 heavy (non-hydrogen) atoms. The zero-order valence-electron chi connectivity index (χ0n) is 25.7. The second kappa shape index (κ2) is 19.9. The van der Waals surface area contributed by atoms with E-state index in [0.29, 0.717) is 12.8 Å². The van der Waals surface area contributed by atoms with Crippen molar-refractivity contribution in [3.8, 4) is 0 Å². The van der Waals surface area contributed by atoms with Crippen molar-refractivity contribution in [1.29, 1.82) is 0 Å². The monoisotopic (exact) mass is 551 g/mol. The molecule has 3 amide bonds. The summed E-state index contributed by atoms with van der Waals surface area (Å²) in [4.78, 5) is 54.4. The molecule has 0 bridgehead atoms. The first-order chi connectivity index (χ1) is 18.6. The minimum Gasteiger partial charge on any atom is -0.464 e. The summed E-state index contributed by atoms with van der Waals surface area (Å²) >= 11 is 0. The summed E-state index contributed by atoms with van der Waals surface area (Å²) in [6.45, 7) is 8.13. The van der Waals surface area contributed by atoms with Gasteiger partial charge in [0.1, 0.15) is 12.1 Å². The fraction of sp³-hybridized carbons (Fsp3) is 0.871. The lowest BCUT2D eigenvalue weighted by Crippen LogP contribution is -2.54. The molecule has 0 aromatic heterocycles. The second-order valence-corrected chi connectivity index (χ2v) is 11.9. The van der Waals surface area contributed by atoms with Crippen LogP contribution in [0.5, 0.6) is 0 Å². The van der Waals surface area contributed by atoms with Gasteiger partial charge in [-0.3, -0.25) is 14.4 Å². The molecule has 1 heterocycles. The van der Waals surface area contributed by atoms with Crippen molar-refractivity contribution < 1.29 is 23.9 Å². The van der Waals surface area contributed by atoms with Crippen molar-refractivity contribution in [1.82, 2.24) is 15.5 Å². The first-order valence-electron chi connectivity index (χ1n) is 15.6. The van der Waals surface area contributed by atoms with Crippen molar-refractivity contribution in [2.75, 3.05) is 20.7 Å². The molecule has 0 radical (unpaired) electrons. The average Bonchev–Trinajstić information content (AvgIpc) is 2.88. The highest BCUT2D eigenvalue weighted by molar-refractivity contribution is 5.91. The molecular weight excluding hydrogens is 494 g/mol.